The van der Waals surface area contributed by atoms with Crippen LogP contribution in [0.15, 0.2) is 60.8 Å². The molecule has 4 atom stereocenters. The van der Waals surface area contributed by atoms with Gasteiger partial charge in [-0.15, -0.1) is 0 Å². The highest BCUT2D eigenvalue weighted by atomic mass is 19.4. The van der Waals surface area contributed by atoms with Crippen LogP contribution in [0.5, 0.6) is 0 Å². The van der Waals surface area contributed by atoms with Crippen molar-refractivity contribution in [3.63, 3.8) is 0 Å². The van der Waals surface area contributed by atoms with E-state index in [0.717, 1.165) is 12.1 Å². The summed E-state index contributed by atoms with van der Waals surface area (Å²) in [4.78, 5) is 31.7. The average Bonchev–Trinajstić information content (AvgIpc) is 3.40. The number of hydrogen-bond donors (Lipinski definition) is 1. The van der Waals surface area contributed by atoms with Gasteiger partial charge in [-0.2, -0.15) is 13.2 Å². The highest BCUT2D eigenvalue weighted by Gasteiger charge is 2.67. The second-order valence-electron chi connectivity index (χ2n) is 7.91. The monoisotopic (exact) mass is 429 g/mol. The molecule has 9 heteroatoms. The van der Waals surface area contributed by atoms with Gasteiger partial charge in [0.25, 0.3) is 0 Å². The number of anilines is 1. The van der Waals surface area contributed by atoms with E-state index in [2.05, 4.69) is 10.3 Å². The zero-order valence-corrected chi connectivity index (χ0v) is 16.2. The first-order chi connectivity index (χ1) is 14.8. The molecule has 2 bridgehead atoms. The number of fused-ring (bicyclic) bond motifs is 1. The van der Waals surface area contributed by atoms with Crippen molar-refractivity contribution in [1.82, 2.24) is 10.3 Å². The van der Waals surface area contributed by atoms with Crippen molar-refractivity contribution in [2.24, 2.45) is 11.8 Å². The van der Waals surface area contributed by atoms with Gasteiger partial charge in [0.1, 0.15) is 5.60 Å². The second-order valence-corrected chi connectivity index (χ2v) is 7.91. The number of ether oxygens (including phenoxy) is 1. The van der Waals surface area contributed by atoms with Crippen LogP contribution >= 0.6 is 0 Å². The summed E-state index contributed by atoms with van der Waals surface area (Å²) in [5.74, 6) is -2.30. The van der Waals surface area contributed by atoms with Crippen molar-refractivity contribution in [2.75, 3.05) is 11.4 Å². The van der Waals surface area contributed by atoms with E-state index in [0.29, 0.717) is 5.69 Å². The van der Waals surface area contributed by atoms with Gasteiger partial charge in [0.2, 0.25) is 11.8 Å². The van der Waals surface area contributed by atoms with Crippen molar-refractivity contribution in [3.8, 4) is 0 Å². The maximum atomic E-state index is 13.3. The van der Waals surface area contributed by atoms with E-state index in [1.54, 1.807) is 36.5 Å². The fraction of sp³-hybridized carbons (Fsp3) is 0.318. The van der Waals surface area contributed by atoms with Gasteiger partial charge in [0, 0.05) is 11.9 Å². The normalized spacial score (nSPS) is 28.8. The first kappa shape index (κ1) is 19.7. The molecular weight excluding hydrogens is 411 g/mol. The van der Waals surface area contributed by atoms with Crippen LogP contribution < -0.4 is 10.2 Å². The molecule has 6 nitrogen and oxygen atoms in total. The summed E-state index contributed by atoms with van der Waals surface area (Å²) < 4.78 is 45.4. The molecule has 4 heterocycles. The fourth-order valence-corrected chi connectivity index (χ4v) is 4.66. The number of benzene rings is 1. The van der Waals surface area contributed by atoms with Gasteiger partial charge in [-0.3, -0.25) is 14.6 Å². The molecule has 0 aliphatic carbocycles. The molecule has 5 rings (SSSR count). The van der Waals surface area contributed by atoms with Crippen molar-refractivity contribution in [1.29, 1.82) is 0 Å². The van der Waals surface area contributed by atoms with Gasteiger partial charge < -0.3 is 15.0 Å². The second kappa shape index (κ2) is 6.91. The van der Waals surface area contributed by atoms with Crippen LogP contribution in [0, 0.1) is 11.8 Å². The van der Waals surface area contributed by atoms with Crippen LogP contribution in [-0.2, 0) is 27.0 Å². The lowest BCUT2D eigenvalue weighted by Gasteiger charge is -2.23. The van der Waals surface area contributed by atoms with Crippen LogP contribution in [0.4, 0.5) is 18.9 Å². The zero-order chi connectivity index (χ0) is 21.8. The predicted molar refractivity (Wildman–Crippen MR) is 104 cm³/mol. The minimum absolute atomic E-state index is 0.0643. The van der Waals surface area contributed by atoms with Gasteiger partial charge in [0.15, 0.2) is 0 Å². The summed E-state index contributed by atoms with van der Waals surface area (Å²) in [6.07, 6.45) is 0.0745. The van der Waals surface area contributed by atoms with Crippen LogP contribution in [-0.4, -0.2) is 35.0 Å². The third-order valence-corrected chi connectivity index (χ3v) is 6.06. The van der Waals surface area contributed by atoms with Gasteiger partial charge in [0.05, 0.1) is 42.3 Å². The van der Waals surface area contributed by atoms with Gasteiger partial charge in [-0.05, 0) is 30.3 Å². The lowest BCUT2D eigenvalue weighted by molar-refractivity contribution is -0.137. The number of nitrogens with one attached hydrogen (secondary N) is 1. The molecule has 0 radical (unpaired) electrons. The Balaban J connectivity index is 1.39. The van der Waals surface area contributed by atoms with E-state index in [4.69, 9.17) is 4.74 Å². The number of hydrogen-bond acceptors (Lipinski definition) is 4. The lowest BCUT2D eigenvalue weighted by Crippen LogP contribution is -2.44. The molecule has 1 N–H and O–H groups in total. The van der Waals surface area contributed by atoms with Crippen LogP contribution in [0.1, 0.15) is 11.3 Å². The molecular formula is C22H18F3N3O3. The molecule has 2 fully saturated rings. The molecule has 1 aromatic heterocycles. The predicted octanol–water partition coefficient (Wildman–Crippen LogP) is 2.70. The maximum Gasteiger partial charge on any atom is 0.416 e. The third-order valence-electron chi connectivity index (χ3n) is 6.06. The van der Waals surface area contributed by atoms with E-state index >= 15 is 0 Å². The Hall–Kier alpha value is -3.20. The molecule has 0 unspecified atom stereocenters. The summed E-state index contributed by atoms with van der Waals surface area (Å²) in [5, 5.41) is 2.80. The SMILES string of the molecule is O=C(NCc1ccccn1)[C@@H]1[C@H]2C=C[C@@]3(CN(c4cccc(C(F)(F)F)c4)C(=O)[C@@H]13)O2. The first-order valence-electron chi connectivity index (χ1n) is 9.82. The summed E-state index contributed by atoms with van der Waals surface area (Å²) in [5.41, 5.74) is -1.04. The quantitative estimate of drug-likeness (QED) is 0.759. The summed E-state index contributed by atoms with van der Waals surface area (Å²) in [6, 6.07) is 9.97. The highest BCUT2D eigenvalue weighted by Crippen LogP contribution is 2.52. The number of amides is 2. The number of carbonyl (C=O) groups excluding carboxylic acids is 2. The first-order valence-corrected chi connectivity index (χ1v) is 9.82. The Kier molecular flexibility index (Phi) is 4.40. The van der Waals surface area contributed by atoms with E-state index in [-0.39, 0.29) is 24.7 Å². The molecule has 3 aliphatic rings. The molecule has 2 amide bonds. The molecule has 2 aromatic rings. The standard InChI is InChI=1S/C22H18F3N3O3/c23-22(24,25)13-4-3-6-15(10-13)28-12-21-8-7-16(31-21)17(18(21)20(28)30)19(29)27-11-14-5-1-2-9-26-14/h1-10,16-18H,11-12H2,(H,27,29)/t16-,17-,18-,21+/m1/s1. The number of nitrogens with zero attached hydrogens (tertiary/aromatic N) is 2. The number of pyridine rings is 1. The summed E-state index contributed by atoms with van der Waals surface area (Å²) in [6.45, 7) is 0.271. The van der Waals surface area contributed by atoms with Gasteiger partial charge >= 0.3 is 6.18 Å². The van der Waals surface area contributed by atoms with Gasteiger partial charge in [-0.1, -0.05) is 24.3 Å². The molecule has 0 saturated carbocycles. The number of rotatable bonds is 4. The Morgan fingerprint density at radius 3 is 2.84 bits per heavy atom. The van der Waals surface area contributed by atoms with Crippen LogP contribution in [0.25, 0.3) is 0 Å². The molecule has 3 aliphatic heterocycles. The molecule has 31 heavy (non-hydrogen) atoms. The topological polar surface area (TPSA) is 71.5 Å². The van der Waals surface area contributed by atoms with Gasteiger partial charge in [-0.25, -0.2) is 0 Å². The zero-order valence-electron chi connectivity index (χ0n) is 16.2. The average molecular weight is 429 g/mol. The molecule has 160 valence electrons. The Morgan fingerprint density at radius 2 is 2.10 bits per heavy atom. The molecule has 2 saturated heterocycles. The minimum atomic E-state index is -4.52. The molecule has 1 spiro atoms. The number of halogens is 3. The largest absolute Gasteiger partial charge is 0.416 e. The lowest BCUT2D eigenvalue weighted by atomic mass is 9.77. The number of aromatic nitrogens is 1. The van der Waals surface area contributed by atoms with E-state index in [1.165, 1.54) is 17.0 Å². The van der Waals surface area contributed by atoms with Crippen molar-refractivity contribution >= 4 is 17.5 Å². The minimum Gasteiger partial charge on any atom is -0.360 e. The number of alkyl halides is 3. The summed E-state index contributed by atoms with van der Waals surface area (Å²) >= 11 is 0. The number of carbonyl (C=O) groups is 2. The highest BCUT2D eigenvalue weighted by molar-refractivity contribution is 6.03. The van der Waals surface area contributed by atoms with Crippen molar-refractivity contribution < 1.29 is 27.5 Å². The van der Waals surface area contributed by atoms with Crippen molar-refractivity contribution in [3.05, 3.63) is 72.1 Å². The third kappa shape index (κ3) is 3.20. The Bertz CT molecular complexity index is 1070. The van der Waals surface area contributed by atoms with Crippen molar-refractivity contribution in [2.45, 2.75) is 24.4 Å². The van der Waals surface area contributed by atoms with Crippen LogP contribution in [0.3, 0.4) is 0 Å². The van der Waals surface area contributed by atoms with E-state index in [9.17, 15) is 22.8 Å². The van der Waals surface area contributed by atoms with Crippen LogP contribution in [0.2, 0.25) is 0 Å². The maximum absolute atomic E-state index is 13.3. The smallest absolute Gasteiger partial charge is 0.360 e. The van der Waals surface area contributed by atoms with E-state index < -0.39 is 41.2 Å². The fourth-order valence-electron chi connectivity index (χ4n) is 4.66. The Labute approximate surface area is 175 Å². The Morgan fingerprint density at radius 1 is 1.26 bits per heavy atom. The van der Waals surface area contributed by atoms with E-state index in [1.807, 2.05) is 0 Å². The summed E-state index contributed by atoms with van der Waals surface area (Å²) in [7, 11) is 0. The molecule has 1 aromatic carbocycles.